The van der Waals surface area contributed by atoms with Gasteiger partial charge in [0.1, 0.15) is 22.9 Å². The molecule has 1 aromatic heterocycles. The van der Waals surface area contributed by atoms with Crippen LogP contribution in [-0.4, -0.2) is 29.1 Å². The van der Waals surface area contributed by atoms with Crippen molar-refractivity contribution in [2.75, 3.05) is 23.8 Å². The van der Waals surface area contributed by atoms with Crippen LogP contribution >= 0.6 is 11.6 Å². The van der Waals surface area contributed by atoms with Crippen molar-refractivity contribution >= 4 is 34.6 Å². The number of aliphatic hydroxyl groups excluding tert-OH is 1. The summed E-state index contributed by atoms with van der Waals surface area (Å²) in [4.78, 5) is 38.9. The lowest BCUT2D eigenvalue weighted by atomic mass is 10.1. The van der Waals surface area contributed by atoms with Crippen molar-refractivity contribution in [3.63, 3.8) is 0 Å². The summed E-state index contributed by atoms with van der Waals surface area (Å²) in [6.07, 6.45) is 0.635. The fraction of sp³-hybridized carbons (Fsp3) is 0.318. The van der Waals surface area contributed by atoms with Crippen molar-refractivity contribution in [2.24, 2.45) is 0 Å². The average molecular weight is 444 g/mol. The van der Waals surface area contributed by atoms with E-state index in [4.69, 9.17) is 16.0 Å². The van der Waals surface area contributed by atoms with E-state index in [2.05, 4.69) is 10.6 Å². The molecule has 0 fully saturated rings. The lowest BCUT2D eigenvalue weighted by Crippen LogP contribution is -2.37. The molecule has 1 atom stereocenters. The fourth-order valence-corrected chi connectivity index (χ4v) is 4.04. The molecule has 2 aromatic carbocycles. The summed E-state index contributed by atoms with van der Waals surface area (Å²) in [5, 5.41) is 15.7. The number of rotatable bonds is 8. The van der Waals surface area contributed by atoms with Crippen LogP contribution in [-0.2, 0) is 6.54 Å². The highest BCUT2D eigenvalue weighted by atomic mass is 35.5. The van der Waals surface area contributed by atoms with Gasteiger partial charge in [-0.2, -0.15) is 0 Å². The van der Waals surface area contributed by atoms with E-state index in [0.717, 1.165) is 5.76 Å². The number of halogens is 1. The van der Waals surface area contributed by atoms with Crippen molar-refractivity contribution in [3.05, 3.63) is 72.4 Å². The summed E-state index contributed by atoms with van der Waals surface area (Å²) in [6, 6.07) is 6.62. The van der Waals surface area contributed by atoms with Gasteiger partial charge in [-0.15, -0.1) is 0 Å². The van der Waals surface area contributed by atoms with Gasteiger partial charge in [0.2, 0.25) is 0 Å². The molecule has 162 valence electrons. The van der Waals surface area contributed by atoms with Gasteiger partial charge in [-0.25, -0.2) is 0 Å². The van der Waals surface area contributed by atoms with Crippen LogP contribution < -0.4 is 21.5 Å². The highest BCUT2D eigenvalue weighted by Crippen LogP contribution is 2.37. The van der Waals surface area contributed by atoms with E-state index < -0.39 is 10.9 Å². The second-order valence-corrected chi connectivity index (χ2v) is 7.89. The molecule has 0 saturated heterocycles. The standard InChI is InChI=1S/C22H22ClN3O5/c1-3-14(16-7-4-11(2)31-16)24-18-19(21(29)20(18)28)25-15-6-5-13(23)12-10-26(8-9-27)22(30)17(12)15/h4-7,14,24-25,27H,3,8-10H2,1-2H3/t14-/m1/s1. The first-order valence-electron chi connectivity index (χ1n) is 10.00. The minimum atomic E-state index is -0.658. The van der Waals surface area contributed by atoms with Crippen molar-refractivity contribution < 1.29 is 14.3 Å². The predicted molar refractivity (Wildman–Crippen MR) is 118 cm³/mol. The SMILES string of the molecule is CC[C@@H](Nc1c(Nc2ccc(Cl)c3c2C(=O)N(CCO)C3)c(=O)c1=O)c1ccc(C)o1. The number of nitrogens with zero attached hydrogens (tertiary/aromatic N) is 1. The first-order valence-corrected chi connectivity index (χ1v) is 10.4. The maximum absolute atomic E-state index is 12.8. The van der Waals surface area contributed by atoms with Crippen LogP contribution in [0.25, 0.3) is 0 Å². The summed E-state index contributed by atoms with van der Waals surface area (Å²) in [5.74, 6) is 1.13. The first kappa shape index (κ1) is 21.1. The molecule has 9 heteroatoms. The van der Waals surface area contributed by atoms with Crippen LogP contribution in [0.1, 0.15) is 46.8 Å². The Morgan fingerprint density at radius 2 is 1.90 bits per heavy atom. The van der Waals surface area contributed by atoms with E-state index >= 15 is 0 Å². The molecular formula is C22H22ClN3O5. The minimum absolute atomic E-state index is 0.102. The number of benzene rings is 1. The second-order valence-electron chi connectivity index (χ2n) is 7.49. The monoisotopic (exact) mass is 443 g/mol. The van der Waals surface area contributed by atoms with Crippen molar-refractivity contribution in [3.8, 4) is 0 Å². The number of β-amino-alcohol motifs (C(OH)–C–C–N with tert-alkyl or cyclic N) is 1. The van der Waals surface area contributed by atoms with Crippen LogP contribution in [0.15, 0.2) is 38.3 Å². The lowest BCUT2D eigenvalue weighted by Gasteiger charge is -2.21. The number of carbonyl (C=O) groups excluding carboxylic acids is 1. The molecule has 3 aromatic rings. The largest absolute Gasteiger partial charge is 0.464 e. The number of carbonyl (C=O) groups is 1. The third-order valence-electron chi connectivity index (χ3n) is 5.48. The Bertz CT molecular complexity index is 1220. The molecule has 1 aliphatic heterocycles. The molecule has 0 spiro atoms. The van der Waals surface area contributed by atoms with Crippen LogP contribution in [0, 0.1) is 6.92 Å². The Morgan fingerprint density at radius 3 is 2.55 bits per heavy atom. The normalized spacial score (nSPS) is 14.2. The fourth-order valence-electron chi connectivity index (χ4n) is 3.82. The molecule has 0 saturated carbocycles. The van der Waals surface area contributed by atoms with Crippen LogP contribution in [0.2, 0.25) is 5.02 Å². The third-order valence-corrected chi connectivity index (χ3v) is 5.83. The Hall–Kier alpha value is -3.10. The molecule has 8 nitrogen and oxygen atoms in total. The molecular weight excluding hydrogens is 422 g/mol. The predicted octanol–water partition coefficient (Wildman–Crippen LogP) is 3.09. The number of amides is 1. The molecule has 0 aliphatic carbocycles. The number of anilines is 3. The molecule has 0 bridgehead atoms. The second kappa shape index (κ2) is 8.20. The number of hydrogen-bond acceptors (Lipinski definition) is 7. The van der Waals surface area contributed by atoms with Gasteiger partial charge >= 0.3 is 0 Å². The van der Waals surface area contributed by atoms with Gasteiger partial charge in [-0.3, -0.25) is 14.4 Å². The first-order chi connectivity index (χ1) is 14.8. The molecule has 2 heterocycles. The Labute approximate surface area is 183 Å². The molecule has 1 amide bonds. The van der Waals surface area contributed by atoms with Crippen LogP contribution in [0.5, 0.6) is 0 Å². The topological polar surface area (TPSA) is 112 Å². The van der Waals surface area contributed by atoms with E-state index in [0.29, 0.717) is 34.0 Å². The molecule has 0 unspecified atom stereocenters. The maximum Gasteiger partial charge on any atom is 0.256 e. The van der Waals surface area contributed by atoms with E-state index in [9.17, 15) is 19.5 Å². The molecule has 0 radical (unpaired) electrons. The Balaban J connectivity index is 1.65. The summed E-state index contributed by atoms with van der Waals surface area (Å²) >= 11 is 6.27. The van der Waals surface area contributed by atoms with Gasteiger partial charge in [-0.05, 0) is 37.6 Å². The van der Waals surface area contributed by atoms with Gasteiger partial charge < -0.3 is 25.1 Å². The number of fused-ring (bicyclic) bond motifs is 1. The number of aliphatic hydroxyl groups is 1. The van der Waals surface area contributed by atoms with E-state index in [1.165, 1.54) is 4.90 Å². The number of aryl methyl sites for hydroxylation is 1. The zero-order chi connectivity index (χ0) is 22.3. The third kappa shape index (κ3) is 3.62. The summed E-state index contributed by atoms with van der Waals surface area (Å²) in [7, 11) is 0. The highest BCUT2D eigenvalue weighted by Gasteiger charge is 2.33. The van der Waals surface area contributed by atoms with Crippen molar-refractivity contribution in [1.82, 2.24) is 4.90 Å². The summed E-state index contributed by atoms with van der Waals surface area (Å²) in [6.45, 7) is 4.05. The number of nitrogens with one attached hydrogen (secondary N) is 2. The van der Waals surface area contributed by atoms with Gasteiger partial charge in [0.15, 0.2) is 0 Å². The van der Waals surface area contributed by atoms with Crippen LogP contribution in [0.3, 0.4) is 0 Å². The van der Waals surface area contributed by atoms with Crippen molar-refractivity contribution in [2.45, 2.75) is 32.9 Å². The molecule has 1 aliphatic rings. The van der Waals surface area contributed by atoms with E-state index in [-0.39, 0.29) is 43.0 Å². The minimum Gasteiger partial charge on any atom is -0.464 e. The van der Waals surface area contributed by atoms with E-state index in [1.807, 2.05) is 26.0 Å². The number of hydrogen-bond donors (Lipinski definition) is 3. The van der Waals surface area contributed by atoms with E-state index in [1.54, 1.807) is 12.1 Å². The molecule has 3 N–H and O–H groups in total. The van der Waals surface area contributed by atoms with Gasteiger partial charge in [-0.1, -0.05) is 18.5 Å². The number of furan rings is 1. The quantitative estimate of drug-likeness (QED) is 0.458. The Kier molecular flexibility index (Phi) is 5.60. The average Bonchev–Trinajstić information content (AvgIpc) is 3.33. The summed E-state index contributed by atoms with van der Waals surface area (Å²) < 4.78 is 5.66. The van der Waals surface area contributed by atoms with Gasteiger partial charge in [0.25, 0.3) is 16.8 Å². The van der Waals surface area contributed by atoms with Crippen LogP contribution in [0.4, 0.5) is 17.1 Å². The van der Waals surface area contributed by atoms with Crippen molar-refractivity contribution in [1.29, 1.82) is 0 Å². The Morgan fingerprint density at radius 1 is 1.16 bits per heavy atom. The zero-order valence-electron chi connectivity index (χ0n) is 17.1. The highest BCUT2D eigenvalue weighted by molar-refractivity contribution is 6.32. The summed E-state index contributed by atoms with van der Waals surface area (Å²) in [5.41, 5.74) is 0.334. The maximum atomic E-state index is 12.8. The van der Waals surface area contributed by atoms with Gasteiger partial charge in [0.05, 0.1) is 23.9 Å². The zero-order valence-corrected chi connectivity index (χ0v) is 17.9. The molecule has 4 rings (SSSR count). The molecule has 31 heavy (non-hydrogen) atoms. The van der Waals surface area contributed by atoms with Gasteiger partial charge in [0, 0.05) is 23.7 Å². The smallest absolute Gasteiger partial charge is 0.256 e. The lowest BCUT2D eigenvalue weighted by molar-refractivity contribution is 0.0746.